The van der Waals surface area contributed by atoms with E-state index in [1.54, 1.807) is 0 Å². The Hall–Kier alpha value is -1.69. The van der Waals surface area contributed by atoms with Crippen molar-refractivity contribution in [2.45, 2.75) is 32.5 Å². The number of aliphatic hydroxyl groups is 1. The highest BCUT2D eigenvalue weighted by Gasteiger charge is 2.26. The van der Waals surface area contributed by atoms with Crippen molar-refractivity contribution in [1.29, 1.82) is 0 Å². The fourth-order valence-corrected chi connectivity index (χ4v) is 3.47. The smallest absolute Gasteiger partial charge is 0.0534 e. The van der Waals surface area contributed by atoms with Gasteiger partial charge in [0.2, 0.25) is 0 Å². The number of hydrogen-bond acceptors (Lipinski definition) is 4. The second-order valence-electron chi connectivity index (χ2n) is 6.88. The van der Waals surface area contributed by atoms with Gasteiger partial charge in [0.1, 0.15) is 0 Å². The maximum absolute atomic E-state index is 9.46. The summed E-state index contributed by atoms with van der Waals surface area (Å²) >= 11 is 0. The minimum atomic E-state index is 0.246. The average molecular weight is 328 g/mol. The third kappa shape index (κ3) is 4.44. The maximum atomic E-state index is 9.46. The fourth-order valence-electron chi connectivity index (χ4n) is 3.47. The van der Waals surface area contributed by atoms with Gasteiger partial charge in [-0.25, -0.2) is 0 Å². The number of rotatable bonds is 6. The zero-order valence-corrected chi connectivity index (χ0v) is 14.7. The monoisotopic (exact) mass is 328 g/mol. The van der Waals surface area contributed by atoms with E-state index in [1.807, 2.05) is 17.9 Å². The van der Waals surface area contributed by atoms with Gasteiger partial charge in [-0.1, -0.05) is 29.8 Å². The highest BCUT2D eigenvalue weighted by molar-refractivity contribution is 5.21. The van der Waals surface area contributed by atoms with Gasteiger partial charge >= 0.3 is 0 Å². The van der Waals surface area contributed by atoms with Gasteiger partial charge < -0.3 is 5.11 Å². The molecule has 1 aromatic carbocycles. The molecule has 1 N–H and O–H groups in total. The summed E-state index contributed by atoms with van der Waals surface area (Å²) in [7, 11) is 1.96. The molecule has 0 saturated carbocycles. The Labute approximate surface area is 144 Å². The summed E-state index contributed by atoms with van der Waals surface area (Å²) in [4.78, 5) is 4.99. The maximum Gasteiger partial charge on any atom is 0.0534 e. The van der Waals surface area contributed by atoms with E-state index in [-0.39, 0.29) is 6.61 Å². The Morgan fingerprint density at radius 1 is 1.12 bits per heavy atom. The van der Waals surface area contributed by atoms with Crippen molar-refractivity contribution in [2.75, 3.05) is 26.2 Å². The molecule has 0 aliphatic carbocycles. The van der Waals surface area contributed by atoms with Gasteiger partial charge in [0.15, 0.2) is 0 Å². The molecule has 3 rings (SSSR count). The van der Waals surface area contributed by atoms with Crippen molar-refractivity contribution < 1.29 is 5.11 Å². The van der Waals surface area contributed by atoms with Gasteiger partial charge in [-0.2, -0.15) is 5.10 Å². The number of aliphatic hydroxyl groups excluding tert-OH is 1. The SMILES string of the molecule is Cc1ccc(CN2CCN(Cc3cnn(C)c3)C[C@H]2CCO)cc1. The Morgan fingerprint density at radius 3 is 2.58 bits per heavy atom. The van der Waals surface area contributed by atoms with Crippen LogP contribution in [0.4, 0.5) is 0 Å². The molecule has 1 aromatic heterocycles. The van der Waals surface area contributed by atoms with Crippen LogP contribution in [0.3, 0.4) is 0 Å². The summed E-state index contributed by atoms with van der Waals surface area (Å²) in [5, 5.41) is 13.7. The fraction of sp³-hybridized carbons (Fsp3) is 0.526. The van der Waals surface area contributed by atoms with Crippen molar-refractivity contribution in [1.82, 2.24) is 19.6 Å². The second kappa shape index (κ2) is 7.92. The van der Waals surface area contributed by atoms with Crippen molar-refractivity contribution in [2.24, 2.45) is 7.05 Å². The molecule has 5 heteroatoms. The van der Waals surface area contributed by atoms with Gasteiger partial charge in [-0.05, 0) is 18.9 Å². The van der Waals surface area contributed by atoms with Gasteiger partial charge in [0.25, 0.3) is 0 Å². The lowest BCUT2D eigenvalue weighted by atomic mass is 10.1. The van der Waals surface area contributed by atoms with Gasteiger partial charge in [-0.15, -0.1) is 0 Å². The molecule has 2 heterocycles. The van der Waals surface area contributed by atoms with Crippen LogP contribution in [0, 0.1) is 6.92 Å². The van der Waals surface area contributed by atoms with Crippen LogP contribution >= 0.6 is 0 Å². The summed E-state index contributed by atoms with van der Waals surface area (Å²) in [5.41, 5.74) is 3.91. The standard InChI is InChI=1S/C19H28N4O/c1-16-3-5-17(6-4-16)14-23-9-8-22(15-19(23)7-10-24)13-18-11-20-21(2)12-18/h3-6,11-12,19,24H,7-10,13-15H2,1-2H3/t19-/m1/s1. The molecule has 1 aliphatic rings. The minimum Gasteiger partial charge on any atom is -0.396 e. The molecule has 0 radical (unpaired) electrons. The Morgan fingerprint density at radius 2 is 1.92 bits per heavy atom. The first-order chi connectivity index (χ1) is 11.6. The highest BCUT2D eigenvalue weighted by Crippen LogP contribution is 2.18. The zero-order valence-electron chi connectivity index (χ0n) is 14.7. The Balaban J connectivity index is 1.61. The van der Waals surface area contributed by atoms with Crippen LogP contribution in [0.25, 0.3) is 0 Å². The lowest BCUT2D eigenvalue weighted by Gasteiger charge is -2.41. The molecule has 1 fully saturated rings. The predicted molar refractivity (Wildman–Crippen MR) is 95.6 cm³/mol. The molecule has 5 nitrogen and oxygen atoms in total. The topological polar surface area (TPSA) is 44.5 Å². The Bertz CT molecular complexity index is 637. The van der Waals surface area contributed by atoms with Crippen molar-refractivity contribution in [3.63, 3.8) is 0 Å². The number of piperazine rings is 1. The molecule has 24 heavy (non-hydrogen) atoms. The van der Waals surface area contributed by atoms with E-state index in [4.69, 9.17) is 0 Å². The summed E-state index contributed by atoms with van der Waals surface area (Å²) in [6.45, 7) is 7.37. The van der Waals surface area contributed by atoms with Crippen LogP contribution in [0.5, 0.6) is 0 Å². The molecule has 0 bridgehead atoms. The minimum absolute atomic E-state index is 0.246. The van der Waals surface area contributed by atoms with Crippen LogP contribution in [-0.4, -0.2) is 57.0 Å². The molecule has 1 saturated heterocycles. The van der Waals surface area contributed by atoms with Crippen LogP contribution in [0.1, 0.15) is 23.1 Å². The van der Waals surface area contributed by atoms with E-state index in [0.29, 0.717) is 6.04 Å². The third-order valence-electron chi connectivity index (χ3n) is 4.82. The molecule has 0 unspecified atom stereocenters. The summed E-state index contributed by atoms with van der Waals surface area (Å²) in [5.74, 6) is 0. The van der Waals surface area contributed by atoms with Crippen molar-refractivity contribution in [3.8, 4) is 0 Å². The van der Waals surface area contributed by atoms with E-state index >= 15 is 0 Å². The quantitative estimate of drug-likeness (QED) is 0.878. The molecular weight excluding hydrogens is 300 g/mol. The normalized spacial score (nSPS) is 19.7. The first kappa shape index (κ1) is 17.1. The van der Waals surface area contributed by atoms with Gasteiger partial charge in [0, 0.05) is 64.2 Å². The van der Waals surface area contributed by atoms with Crippen molar-refractivity contribution >= 4 is 0 Å². The summed E-state index contributed by atoms with van der Waals surface area (Å²) in [6, 6.07) is 9.19. The highest BCUT2D eigenvalue weighted by atomic mass is 16.3. The van der Waals surface area contributed by atoms with E-state index in [9.17, 15) is 5.11 Å². The lowest BCUT2D eigenvalue weighted by Crippen LogP contribution is -2.52. The van der Waals surface area contributed by atoms with Gasteiger partial charge in [0.05, 0.1) is 6.20 Å². The van der Waals surface area contributed by atoms with Crippen LogP contribution in [0.15, 0.2) is 36.7 Å². The van der Waals surface area contributed by atoms with E-state index in [2.05, 4.69) is 52.3 Å². The average Bonchev–Trinajstić information content (AvgIpc) is 2.97. The molecule has 0 spiro atoms. The Kier molecular flexibility index (Phi) is 5.66. The van der Waals surface area contributed by atoms with E-state index < -0.39 is 0 Å². The molecule has 130 valence electrons. The molecule has 1 aliphatic heterocycles. The molecule has 2 aromatic rings. The molecule has 1 atom stereocenters. The number of aryl methyl sites for hydroxylation is 2. The zero-order chi connectivity index (χ0) is 16.9. The summed E-state index contributed by atoms with van der Waals surface area (Å²) in [6.07, 6.45) is 4.86. The van der Waals surface area contributed by atoms with Crippen molar-refractivity contribution in [3.05, 3.63) is 53.3 Å². The van der Waals surface area contributed by atoms with Gasteiger partial charge in [-0.3, -0.25) is 14.5 Å². The molecular formula is C19H28N4O. The largest absolute Gasteiger partial charge is 0.396 e. The van der Waals surface area contributed by atoms with Crippen LogP contribution < -0.4 is 0 Å². The predicted octanol–water partition coefficient (Wildman–Crippen LogP) is 1.80. The van der Waals surface area contributed by atoms with Crippen LogP contribution in [-0.2, 0) is 20.1 Å². The number of hydrogen-bond donors (Lipinski definition) is 1. The summed E-state index contributed by atoms with van der Waals surface area (Å²) < 4.78 is 1.86. The lowest BCUT2D eigenvalue weighted by molar-refractivity contribution is 0.0500. The number of benzene rings is 1. The number of nitrogens with zero attached hydrogens (tertiary/aromatic N) is 4. The third-order valence-corrected chi connectivity index (χ3v) is 4.82. The van der Waals surface area contributed by atoms with Crippen LogP contribution in [0.2, 0.25) is 0 Å². The number of aromatic nitrogens is 2. The first-order valence-electron chi connectivity index (χ1n) is 8.74. The second-order valence-corrected chi connectivity index (χ2v) is 6.88. The van der Waals surface area contributed by atoms with E-state index in [0.717, 1.165) is 39.1 Å². The first-order valence-corrected chi connectivity index (χ1v) is 8.74. The van der Waals surface area contributed by atoms with E-state index in [1.165, 1.54) is 16.7 Å². The molecule has 0 amide bonds.